The second-order valence-corrected chi connectivity index (χ2v) is 4.08. The molecule has 5 heteroatoms. The normalized spacial score (nSPS) is 16.0. The van der Waals surface area contributed by atoms with Crippen molar-refractivity contribution in [2.75, 3.05) is 19.8 Å². The summed E-state index contributed by atoms with van der Waals surface area (Å²) in [4.78, 5) is 25.0. The third kappa shape index (κ3) is 2.27. The fourth-order valence-corrected chi connectivity index (χ4v) is 1.92. The number of nitrogens with zero attached hydrogens (tertiary/aromatic N) is 1. The van der Waals surface area contributed by atoms with Crippen molar-refractivity contribution in [3.8, 4) is 0 Å². The van der Waals surface area contributed by atoms with E-state index in [1.165, 1.54) is 0 Å². The third-order valence-corrected chi connectivity index (χ3v) is 2.79. The lowest BCUT2D eigenvalue weighted by molar-refractivity contribution is 0.0212. The minimum atomic E-state index is -0.854. The van der Waals surface area contributed by atoms with E-state index in [0.29, 0.717) is 17.7 Å². The number of aliphatic hydroxyl groups excluding tert-OH is 1. The third-order valence-electron chi connectivity index (χ3n) is 2.79. The van der Waals surface area contributed by atoms with Gasteiger partial charge in [0.25, 0.3) is 11.8 Å². The van der Waals surface area contributed by atoms with Crippen LogP contribution in [0.4, 0.5) is 0 Å². The van der Waals surface area contributed by atoms with Crippen LogP contribution in [0.5, 0.6) is 0 Å². The van der Waals surface area contributed by atoms with Gasteiger partial charge in [-0.15, -0.1) is 0 Å². The summed E-state index contributed by atoms with van der Waals surface area (Å²) in [5.74, 6) is -0.711. The summed E-state index contributed by atoms with van der Waals surface area (Å²) < 4.78 is 5.05. The number of amides is 2. The Bertz CT molecular complexity index is 437. The van der Waals surface area contributed by atoms with E-state index in [0.717, 1.165) is 4.90 Å². The first-order valence-corrected chi connectivity index (χ1v) is 5.86. The highest BCUT2D eigenvalue weighted by atomic mass is 16.5. The fourth-order valence-electron chi connectivity index (χ4n) is 1.92. The maximum Gasteiger partial charge on any atom is 0.261 e. The Morgan fingerprint density at radius 3 is 2.28 bits per heavy atom. The smallest absolute Gasteiger partial charge is 0.261 e. The number of carbonyl (C=O) groups excluding carboxylic acids is 2. The monoisotopic (exact) mass is 249 g/mol. The predicted octanol–water partition coefficient (Wildman–Crippen LogP) is 0.680. The molecule has 0 saturated carbocycles. The highest BCUT2D eigenvalue weighted by Gasteiger charge is 2.35. The number of ether oxygens (including phenoxy) is 1. The fraction of sp³-hybridized carbons (Fsp3) is 0.385. The Morgan fingerprint density at radius 1 is 1.22 bits per heavy atom. The Labute approximate surface area is 105 Å². The summed E-state index contributed by atoms with van der Waals surface area (Å²) in [6.07, 6.45) is -0.854. The second-order valence-electron chi connectivity index (χ2n) is 4.08. The molecule has 0 saturated heterocycles. The van der Waals surface area contributed by atoms with E-state index in [1.807, 2.05) is 6.92 Å². The molecule has 0 unspecified atom stereocenters. The van der Waals surface area contributed by atoms with Crippen LogP contribution in [0, 0.1) is 0 Å². The Morgan fingerprint density at radius 2 is 1.78 bits per heavy atom. The molecule has 1 aliphatic rings. The van der Waals surface area contributed by atoms with Gasteiger partial charge in [0.1, 0.15) is 0 Å². The van der Waals surface area contributed by atoms with Crippen molar-refractivity contribution in [3.63, 3.8) is 0 Å². The zero-order valence-electron chi connectivity index (χ0n) is 10.1. The van der Waals surface area contributed by atoms with Crippen molar-refractivity contribution >= 4 is 11.8 Å². The first-order chi connectivity index (χ1) is 8.65. The molecular formula is C13H15NO4. The van der Waals surface area contributed by atoms with E-state index >= 15 is 0 Å². The van der Waals surface area contributed by atoms with Crippen molar-refractivity contribution < 1.29 is 19.4 Å². The van der Waals surface area contributed by atoms with Gasteiger partial charge >= 0.3 is 0 Å². The molecule has 1 aromatic rings. The van der Waals surface area contributed by atoms with Crippen molar-refractivity contribution in [2.45, 2.75) is 13.0 Å². The van der Waals surface area contributed by atoms with Gasteiger partial charge in [0, 0.05) is 6.61 Å². The standard InChI is InChI=1S/C13H15NO4/c1-2-18-8-9(15)7-14-12(16)10-5-3-4-6-11(10)13(14)17/h3-6,9,15H,2,7-8H2,1H3/t9-/m1/s1. The van der Waals surface area contributed by atoms with E-state index in [2.05, 4.69) is 0 Å². The van der Waals surface area contributed by atoms with Crippen molar-refractivity contribution in [3.05, 3.63) is 35.4 Å². The molecule has 1 atom stereocenters. The van der Waals surface area contributed by atoms with E-state index in [1.54, 1.807) is 24.3 Å². The molecule has 0 aliphatic carbocycles. The van der Waals surface area contributed by atoms with Crippen LogP contribution < -0.4 is 0 Å². The summed E-state index contributed by atoms with van der Waals surface area (Å²) in [7, 11) is 0. The summed E-state index contributed by atoms with van der Waals surface area (Å²) in [6, 6.07) is 6.66. The molecule has 1 heterocycles. The van der Waals surface area contributed by atoms with Gasteiger partial charge in [-0.3, -0.25) is 14.5 Å². The van der Waals surface area contributed by atoms with Crippen molar-refractivity contribution in [1.29, 1.82) is 0 Å². The SMILES string of the molecule is CCOC[C@H](O)CN1C(=O)c2ccccc2C1=O. The van der Waals surface area contributed by atoms with Crippen LogP contribution in [-0.2, 0) is 4.74 Å². The van der Waals surface area contributed by atoms with E-state index in [-0.39, 0.29) is 25.0 Å². The molecule has 0 spiro atoms. The van der Waals surface area contributed by atoms with Crippen molar-refractivity contribution in [1.82, 2.24) is 4.90 Å². The maximum atomic E-state index is 12.0. The van der Waals surface area contributed by atoms with Crippen LogP contribution in [0.2, 0.25) is 0 Å². The van der Waals surface area contributed by atoms with Crippen LogP contribution in [0.15, 0.2) is 24.3 Å². The number of imide groups is 1. The summed E-state index contributed by atoms with van der Waals surface area (Å²) >= 11 is 0. The summed E-state index contributed by atoms with van der Waals surface area (Å²) in [5, 5.41) is 9.68. The van der Waals surface area contributed by atoms with Gasteiger partial charge in [0.05, 0.1) is 30.4 Å². The first kappa shape index (κ1) is 12.7. The van der Waals surface area contributed by atoms with Gasteiger partial charge in [-0.1, -0.05) is 12.1 Å². The molecule has 1 aliphatic heterocycles. The molecule has 1 N–H and O–H groups in total. The molecule has 18 heavy (non-hydrogen) atoms. The van der Waals surface area contributed by atoms with Gasteiger partial charge in [0.15, 0.2) is 0 Å². The molecule has 5 nitrogen and oxygen atoms in total. The molecule has 0 aromatic heterocycles. The lowest BCUT2D eigenvalue weighted by Gasteiger charge is -2.18. The molecule has 0 radical (unpaired) electrons. The minimum Gasteiger partial charge on any atom is -0.389 e. The zero-order valence-corrected chi connectivity index (χ0v) is 10.1. The molecule has 96 valence electrons. The van der Waals surface area contributed by atoms with Crippen LogP contribution in [-0.4, -0.2) is 47.7 Å². The highest BCUT2D eigenvalue weighted by Crippen LogP contribution is 2.22. The number of aliphatic hydroxyl groups is 1. The van der Waals surface area contributed by atoms with Gasteiger partial charge in [0.2, 0.25) is 0 Å². The number of carbonyl (C=O) groups is 2. The molecule has 2 amide bonds. The quantitative estimate of drug-likeness (QED) is 0.779. The number of hydrogen-bond donors (Lipinski definition) is 1. The first-order valence-electron chi connectivity index (χ1n) is 5.86. The number of β-amino-alcohol motifs (C(OH)–C–C–N with tert-alkyl or cyclic N) is 1. The number of hydrogen-bond acceptors (Lipinski definition) is 4. The van der Waals surface area contributed by atoms with Gasteiger partial charge < -0.3 is 9.84 Å². The van der Waals surface area contributed by atoms with Crippen LogP contribution >= 0.6 is 0 Å². The maximum absolute atomic E-state index is 12.0. The molecule has 0 fully saturated rings. The minimum absolute atomic E-state index is 0.0354. The van der Waals surface area contributed by atoms with Crippen LogP contribution in [0.3, 0.4) is 0 Å². The highest BCUT2D eigenvalue weighted by molar-refractivity contribution is 6.21. The van der Waals surface area contributed by atoms with Gasteiger partial charge in [-0.05, 0) is 19.1 Å². The lowest BCUT2D eigenvalue weighted by Crippen LogP contribution is -2.38. The lowest BCUT2D eigenvalue weighted by atomic mass is 10.1. The molecule has 1 aromatic carbocycles. The predicted molar refractivity (Wildman–Crippen MR) is 64.3 cm³/mol. The van der Waals surface area contributed by atoms with Gasteiger partial charge in [-0.2, -0.15) is 0 Å². The number of benzene rings is 1. The number of rotatable bonds is 5. The molecule has 0 bridgehead atoms. The number of fused-ring (bicyclic) bond motifs is 1. The summed E-state index contributed by atoms with van der Waals surface area (Å²) in [6.45, 7) is 2.38. The van der Waals surface area contributed by atoms with Crippen molar-refractivity contribution in [2.24, 2.45) is 0 Å². The topological polar surface area (TPSA) is 66.8 Å². The van der Waals surface area contributed by atoms with E-state index in [4.69, 9.17) is 4.74 Å². The van der Waals surface area contributed by atoms with E-state index < -0.39 is 6.10 Å². The van der Waals surface area contributed by atoms with Gasteiger partial charge in [-0.25, -0.2) is 0 Å². The zero-order chi connectivity index (χ0) is 13.1. The average molecular weight is 249 g/mol. The Balaban J connectivity index is 2.09. The average Bonchev–Trinajstić information content (AvgIpc) is 2.62. The largest absolute Gasteiger partial charge is 0.389 e. The van der Waals surface area contributed by atoms with Crippen LogP contribution in [0.1, 0.15) is 27.6 Å². The summed E-state index contributed by atoms with van der Waals surface area (Å²) in [5.41, 5.74) is 0.789. The molecule has 2 rings (SSSR count). The second kappa shape index (κ2) is 5.29. The Kier molecular flexibility index (Phi) is 3.74. The van der Waals surface area contributed by atoms with Crippen LogP contribution in [0.25, 0.3) is 0 Å². The molecular weight excluding hydrogens is 234 g/mol. The Hall–Kier alpha value is -1.72. The van der Waals surface area contributed by atoms with E-state index in [9.17, 15) is 14.7 Å².